The zero-order valence-corrected chi connectivity index (χ0v) is 41.7. The molecule has 364 valence electrons. The number of hydrogen-bond donors (Lipinski definition) is 0. The van der Waals surface area contributed by atoms with E-state index in [2.05, 4.69) is 45.1 Å². The molecule has 0 heterocycles. The average molecular weight is 873 g/mol. The molecule has 0 bridgehead atoms. The lowest BCUT2D eigenvalue weighted by molar-refractivity contribution is -0.167. The Labute approximate surface area is 385 Å². The van der Waals surface area contributed by atoms with E-state index in [0.29, 0.717) is 19.3 Å². The summed E-state index contributed by atoms with van der Waals surface area (Å²) in [6.07, 6.45) is 58.8. The van der Waals surface area contributed by atoms with Gasteiger partial charge in [0.05, 0.1) is 0 Å². The summed E-state index contributed by atoms with van der Waals surface area (Å²) in [5.41, 5.74) is 0. The van der Waals surface area contributed by atoms with Crippen molar-refractivity contribution < 1.29 is 28.6 Å². The third-order valence-electron chi connectivity index (χ3n) is 12.2. The summed E-state index contributed by atoms with van der Waals surface area (Å²) in [5.74, 6) is -0.870. The minimum atomic E-state index is -0.771. The molecule has 0 rings (SSSR count). The van der Waals surface area contributed by atoms with Crippen LogP contribution in [0.2, 0.25) is 0 Å². The summed E-state index contributed by atoms with van der Waals surface area (Å²) in [6.45, 7) is 6.62. The Morgan fingerprint density at radius 2 is 0.548 bits per heavy atom. The summed E-state index contributed by atoms with van der Waals surface area (Å²) >= 11 is 0. The molecule has 62 heavy (non-hydrogen) atoms. The van der Waals surface area contributed by atoms with Gasteiger partial charge in [-0.1, -0.05) is 238 Å². The van der Waals surface area contributed by atoms with Crippen molar-refractivity contribution in [1.29, 1.82) is 0 Å². The predicted octanol–water partition coefficient (Wildman–Crippen LogP) is 17.9. The number of allylic oxidation sites excluding steroid dienone is 4. The summed E-state index contributed by atoms with van der Waals surface area (Å²) in [5, 5.41) is 0. The van der Waals surface area contributed by atoms with Gasteiger partial charge in [0.1, 0.15) is 13.2 Å². The van der Waals surface area contributed by atoms with Crippen LogP contribution in [0.3, 0.4) is 0 Å². The van der Waals surface area contributed by atoms with Gasteiger partial charge in [-0.15, -0.1) is 0 Å². The highest BCUT2D eigenvalue weighted by Gasteiger charge is 2.19. The second kappa shape index (κ2) is 51.5. The van der Waals surface area contributed by atoms with Gasteiger partial charge >= 0.3 is 17.9 Å². The quantitative estimate of drug-likeness (QED) is 0.0262. The molecule has 0 radical (unpaired) electrons. The third-order valence-corrected chi connectivity index (χ3v) is 12.2. The second-order valence-electron chi connectivity index (χ2n) is 18.5. The van der Waals surface area contributed by atoms with Crippen LogP contribution in [0.25, 0.3) is 0 Å². The van der Waals surface area contributed by atoms with E-state index >= 15 is 0 Å². The molecule has 0 aromatic carbocycles. The van der Waals surface area contributed by atoms with Gasteiger partial charge in [-0.2, -0.15) is 0 Å². The van der Waals surface area contributed by atoms with Crippen LogP contribution < -0.4 is 0 Å². The van der Waals surface area contributed by atoms with Crippen molar-refractivity contribution in [2.45, 2.75) is 303 Å². The molecule has 0 saturated heterocycles. The van der Waals surface area contributed by atoms with Gasteiger partial charge in [-0.25, -0.2) is 0 Å². The van der Waals surface area contributed by atoms with Gasteiger partial charge in [0.15, 0.2) is 6.10 Å². The summed E-state index contributed by atoms with van der Waals surface area (Å²) < 4.78 is 16.8. The zero-order chi connectivity index (χ0) is 45.1. The van der Waals surface area contributed by atoms with E-state index in [4.69, 9.17) is 14.2 Å². The zero-order valence-electron chi connectivity index (χ0n) is 41.7. The summed E-state index contributed by atoms with van der Waals surface area (Å²) in [7, 11) is 0. The van der Waals surface area contributed by atoms with E-state index in [-0.39, 0.29) is 31.1 Å². The van der Waals surface area contributed by atoms with Crippen molar-refractivity contribution >= 4 is 17.9 Å². The molecule has 1 atom stereocenters. The molecular weight excluding hydrogens is 769 g/mol. The molecule has 0 aliphatic heterocycles. The number of unbranched alkanes of at least 4 members (excludes halogenated alkanes) is 35. The minimum Gasteiger partial charge on any atom is -0.462 e. The van der Waals surface area contributed by atoms with E-state index < -0.39 is 6.10 Å². The Kier molecular flexibility index (Phi) is 49.8. The largest absolute Gasteiger partial charge is 0.462 e. The Morgan fingerprint density at radius 3 is 0.855 bits per heavy atom. The maximum absolute atomic E-state index is 12.8. The van der Waals surface area contributed by atoms with Crippen molar-refractivity contribution in [2.24, 2.45) is 0 Å². The van der Waals surface area contributed by atoms with Gasteiger partial charge in [-0.05, 0) is 64.2 Å². The first-order chi connectivity index (χ1) is 30.5. The lowest BCUT2D eigenvalue weighted by Crippen LogP contribution is -2.30. The average Bonchev–Trinajstić information content (AvgIpc) is 3.27. The maximum Gasteiger partial charge on any atom is 0.306 e. The highest BCUT2D eigenvalue weighted by molar-refractivity contribution is 5.71. The first-order valence-corrected chi connectivity index (χ1v) is 27.3. The van der Waals surface area contributed by atoms with Gasteiger partial charge < -0.3 is 14.2 Å². The Balaban J connectivity index is 4.31. The molecule has 0 aliphatic rings. The lowest BCUT2D eigenvalue weighted by atomic mass is 10.0. The van der Waals surface area contributed by atoms with Crippen LogP contribution in [0.5, 0.6) is 0 Å². The van der Waals surface area contributed by atoms with E-state index in [1.54, 1.807) is 0 Å². The Morgan fingerprint density at radius 1 is 0.306 bits per heavy atom. The van der Waals surface area contributed by atoms with Crippen molar-refractivity contribution in [3.63, 3.8) is 0 Å². The summed E-state index contributed by atoms with van der Waals surface area (Å²) in [6, 6.07) is 0. The molecule has 0 aromatic heterocycles. The highest BCUT2D eigenvalue weighted by atomic mass is 16.6. The van der Waals surface area contributed by atoms with E-state index in [9.17, 15) is 14.4 Å². The number of carbonyl (C=O) groups excluding carboxylic acids is 3. The minimum absolute atomic E-state index is 0.0723. The number of carbonyl (C=O) groups is 3. The van der Waals surface area contributed by atoms with Crippen LogP contribution in [-0.2, 0) is 28.6 Å². The topological polar surface area (TPSA) is 78.9 Å². The highest BCUT2D eigenvalue weighted by Crippen LogP contribution is 2.16. The first kappa shape index (κ1) is 59.9. The molecule has 0 aliphatic carbocycles. The second-order valence-corrected chi connectivity index (χ2v) is 18.5. The third kappa shape index (κ3) is 48.9. The van der Waals surface area contributed by atoms with Crippen molar-refractivity contribution in [3.05, 3.63) is 24.3 Å². The Bertz CT molecular complexity index is 1000. The number of esters is 3. The fourth-order valence-electron chi connectivity index (χ4n) is 8.01. The van der Waals surface area contributed by atoms with Crippen molar-refractivity contribution in [2.75, 3.05) is 13.2 Å². The number of ether oxygens (including phenoxy) is 3. The van der Waals surface area contributed by atoms with Crippen molar-refractivity contribution in [3.8, 4) is 0 Å². The fraction of sp³-hybridized carbons (Fsp3) is 0.875. The van der Waals surface area contributed by atoms with Crippen LogP contribution in [0, 0.1) is 0 Å². The van der Waals surface area contributed by atoms with Crippen LogP contribution in [0.15, 0.2) is 24.3 Å². The lowest BCUT2D eigenvalue weighted by Gasteiger charge is -2.18. The molecule has 6 heteroatoms. The molecule has 0 N–H and O–H groups in total. The molecule has 6 nitrogen and oxygen atoms in total. The van der Waals surface area contributed by atoms with Crippen LogP contribution in [0.1, 0.15) is 297 Å². The molecule has 0 aromatic rings. The summed E-state index contributed by atoms with van der Waals surface area (Å²) in [4.78, 5) is 38.0. The molecule has 0 fully saturated rings. The Hall–Kier alpha value is -2.11. The van der Waals surface area contributed by atoms with Gasteiger partial charge in [0.25, 0.3) is 0 Å². The van der Waals surface area contributed by atoms with Gasteiger partial charge in [-0.3, -0.25) is 14.4 Å². The van der Waals surface area contributed by atoms with Crippen molar-refractivity contribution in [1.82, 2.24) is 0 Å². The SMILES string of the molecule is CCCC/C=C\CCCCCCCC(=O)OCC(COC(=O)CCCCCCCCC/C=C\CCCCCCCCC)OC(=O)CCCCCCCCCCCCCCCCC. The van der Waals surface area contributed by atoms with Gasteiger partial charge in [0.2, 0.25) is 0 Å². The monoisotopic (exact) mass is 873 g/mol. The van der Waals surface area contributed by atoms with E-state index in [1.165, 1.54) is 193 Å². The van der Waals surface area contributed by atoms with Gasteiger partial charge in [0, 0.05) is 19.3 Å². The molecule has 1 unspecified atom stereocenters. The molecular formula is C56H104O6. The molecule has 0 saturated carbocycles. The standard InChI is InChI=1S/C56H104O6/c1-4-7-10-13-16-19-22-24-26-27-28-30-31-34-37-40-43-46-49-55(58)61-52-53(51-60-54(57)48-45-42-39-36-33-21-18-15-12-9-6-3)62-56(59)50-47-44-41-38-35-32-29-25-23-20-17-14-11-8-5-2/h15,18,26-27,53H,4-14,16-17,19-25,28-52H2,1-3H3/b18-15-,27-26-. The predicted molar refractivity (Wildman–Crippen MR) is 266 cm³/mol. The van der Waals surface area contributed by atoms with Crippen LogP contribution in [-0.4, -0.2) is 37.2 Å². The smallest absolute Gasteiger partial charge is 0.306 e. The van der Waals surface area contributed by atoms with E-state index in [0.717, 1.165) is 64.2 Å². The maximum atomic E-state index is 12.8. The van der Waals surface area contributed by atoms with E-state index in [1.807, 2.05) is 0 Å². The fourth-order valence-corrected chi connectivity index (χ4v) is 8.01. The number of rotatable bonds is 50. The first-order valence-electron chi connectivity index (χ1n) is 27.3. The van der Waals surface area contributed by atoms with Crippen LogP contribution in [0.4, 0.5) is 0 Å². The number of hydrogen-bond acceptors (Lipinski definition) is 6. The normalized spacial score (nSPS) is 12.1. The molecule has 0 amide bonds. The van der Waals surface area contributed by atoms with Crippen LogP contribution >= 0.6 is 0 Å². The molecule has 0 spiro atoms.